The molecule has 0 bridgehead atoms. The van der Waals surface area contributed by atoms with E-state index in [0.29, 0.717) is 0 Å². The summed E-state index contributed by atoms with van der Waals surface area (Å²) in [6.07, 6.45) is 0.572. The Morgan fingerprint density at radius 1 is 1.31 bits per heavy atom. The zero-order valence-corrected chi connectivity index (χ0v) is 21.8. The molecule has 35 heavy (non-hydrogen) atoms. The van der Waals surface area contributed by atoms with Crippen molar-refractivity contribution < 1.29 is 28.6 Å². The Hall–Kier alpha value is -2.88. The van der Waals surface area contributed by atoms with Crippen LogP contribution >= 0.6 is 11.6 Å². The van der Waals surface area contributed by atoms with E-state index in [-0.39, 0.29) is 46.3 Å². The summed E-state index contributed by atoms with van der Waals surface area (Å²) in [6.45, 7) is 12.8. The number of anilines is 1. The van der Waals surface area contributed by atoms with Crippen molar-refractivity contribution >= 4 is 40.3 Å². The van der Waals surface area contributed by atoms with Gasteiger partial charge in [0.2, 0.25) is 5.88 Å². The maximum Gasteiger partial charge on any atom is 0.410 e. The molecule has 0 saturated carbocycles. The minimum Gasteiger partial charge on any atom is -0.477 e. The van der Waals surface area contributed by atoms with Gasteiger partial charge in [-0.25, -0.2) is 19.0 Å². The zero-order chi connectivity index (χ0) is 26.2. The molecule has 3 heterocycles. The van der Waals surface area contributed by atoms with E-state index in [1.165, 1.54) is 6.92 Å². The monoisotopic (exact) mass is 510 g/mol. The third-order valence-electron chi connectivity index (χ3n) is 5.90. The van der Waals surface area contributed by atoms with Gasteiger partial charge in [-0.3, -0.25) is 0 Å². The summed E-state index contributed by atoms with van der Waals surface area (Å²) in [5.74, 6) is -2.01. The van der Waals surface area contributed by atoms with E-state index in [1.54, 1.807) is 32.6 Å². The van der Waals surface area contributed by atoms with Gasteiger partial charge < -0.3 is 24.8 Å². The molecule has 2 N–H and O–H groups in total. The smallest absolute Gasteiger partial charge is 0.410 e. The number of halogens is 2. The van der Waals surface area contributed by atoms with Gasteiger partial charge in [-0.05, 0) is 53.5 Å². The molecular formula is C24H32ClFN4O5. The van der Waals surface area contributed by atoms with E-state index < -0.39 is 40.8 Å². The quantitative estimate of drug-likeness (QED) is 0.495. The second-order valence-corrected chi connectivity index (χ2v) is 10.2. The number of aryl methyl sites for hydroxylation is 1. The van der Waals surface area contributed by atoms with E-state index in [4.69, 9.17) is 21.1 Å². The van der Waals surface area contributed by atoms with Crippen LogP contribution in [0.5, 0.6) is 5.88 Å². The summed E-state index contributed by atoms with van der Waals surface area (Å²) in [5.41, 5.74) is -0.887. The van der Waals surface area contributed by atoms with Crippen molar-refractivity contribution in [3.8, 4) is 5.88 Å². The van der Waals surface area contributed by atoms with Crippen molar-refractivity contribution in [2.75, 3.05) is 11.9 Å². The van der Waals surface area contributed by atoms with Gasteiger partial charge >= 0.3 is 12.1 Å². The summed E-state index contributed by atoms with van der Waals surface area (Å²) >= 11 is 6.03. The minimum absolute atomic E-state index is 0.0221. The average molecular weight is 511 g/mol. The molecule has 0 radical (unpaired) electrons. The molecule has 1 aliphatic rings. The van der Waals surface area contributed by atoms with E-state index in [2.05, 4.69) is 15.3 Å². The third kappa shape index (κ3) is 5.52. The zero-order valence-electron chi connectivity index (χ0n) is 21.0. The van der Waals surface area contributed by atoms with Crippen LogP contribution in [0.3, 0.4) is 0 Å². The van der Waals surface area contributed by atoms with Gasteiger partial charge in [-0.2, -0.15) is 4.98 Å². The number of rotatable bonds is 6. The second-order valence-electron chi connectivity index (χ2n) is 9.86. The fraction of sp³-hybridized carbons (Fsp3) is 0.583. The first kappa shape index (κ1) is 26.7. The van der Waals surface area contributed by atoms with Crippen molar-refractivity contribution in [1.82, 2.24) is 14.9 Å². The Balaban J connectivity index is 2.09. The highest BCUT2D eigenvalue weighted by molar-refractivity contribution is 6.30. The number of carbonyl (C=O) groups excluding carboxylic acids is 1. The van der Waals surface area contributed by atoms with Gasteiger partial charge in [0.15, 0.2) is 16.7 Å². The van der Waals surface area contributed by atoms with E-state index in [9.17, 15) is 14.7 Å². The molecule has 9 nitrogen and oxygen atoms in total. The van der Waals surface area contributed by atoms with Crippen LogP contribution in [0.25, 0.3) is 10.8 Å². The first-order valence-corrected chi connectivity index (χ1v) is 12.0. The molecule has 192 valence electrons. The molecule has 3 rings (SSSR count). The SMILES string of the molecule is CCCC(C)N(CC1Nc2nc(C(=O)O)c(C)c3c(F)c(Cl)nc(c23)O[C@H]1C)C(=O)OC(C)(C)C. The Labute approximate surface area is 209 Å². The number of pyridine rings is 2. The van der Waals surface area contributed by atoms with Crippen LogP contribution in [0, 0.1) is 12.7 Å². The second kappa shape index (κ2) is 10.0. The molecule has 2 unspecified atom stereocenters. The number of hydrogen-bond acceptors (Lipinski definition) is 7. The van der Waals surface area contributed by atoms with Crippen LogP contribution in [-0.2, 0) is 4.74 Å². The fourth-order valence-corrected chi connectivity index (χ4v) is 4.31. The van der Waals surface area contributed by atoms with Crippen molar-refractivity contribution in [2.45, 2.75) is 85.1 Å². The van der Waals surface area contributed by atoms with E-state index >= 15 is 4.39 Å². The van der Waals surface area contributed by atoms with Gasteiger partial charge in [-0.15, -0.1) is 0 Å². The molecule has 11 heteroatoms. The number of carboxylic acids is 1. The van der Waals surface area contributed by atoms with Crippen molar-refractivity contribution in [2.24, 2.45) is 0 Å². The molecule has 1 amide bonds. The molecule has 0 spiro atoms. The average Bonchev–Trinajstić information content (AvgIpc) is 2.85. The molecule has 0 aliphatic carbocycles. The molecular weight excluding hydrogens is 479 g/mol. The summed E-state index contributed by atoms with van der Waals surface area (Å²) in [7, 11) is 0. The van der Waals surface area contributed by atoms with Gasteiger partial charge in [-0.1, -0.05) is 24.9 Å². The Morgan fingerprint density at radius 2 is 1.97 bits per heavy atom. The molecule has 0 saturated heterocycles. The Bertz CT molecular complexity index is 1150. The van der Waals surface area contributed by atoms with Crippen LogP contribution in [0.15, 0.2) is 0 Å². The van der Waals surface area contributed by atoms with Crippen LogP contribution in [0.1, 0.15) is 70.4 Å². The number of amides is 1. The molecule has 0 aromatic carbocycles. The van der Waals surface area contributed by atoms with E-state index in [0.717, 1.165) is 12.8 Å². The maximum absolute atomic E-state index is 15.0. The minimum atomic E-state index is -1.31. The molecule has 1 aliphatic heterocycles. The van der Waals surface area contributed by atoms with Crippen molar-refractivity contribution in [1.29, 1.82) is 0 Å². The largest absolute Gasteiger partial charge is 0.477 e. The highest BCUT2D eigenvalue weighted by atomic mass is 35.5. The van der Waals surface area contributed by atoms with Crippen LogP contribution in [-0.4, -0.2) is 62.4 Å². The number of aromatic carboxylic acids is 1. The van der Waals surface area contributed by atoms with Crippen molar-refractivity contribution in [3.63, 3.8) is 0 Å². The Morgan fingerprint density at radius 3 is 2.54 bits per heavy atom. The van der Waals surface area contributed by atoms with Gasteiger partial charge in [0.25, 0.3) is 0 Å². The predicted molar refractivity (Wildman–Crippen MR) is 131 cm³/mol. The van der Waals surface area contributed by atoms with Gasteiger partial charge in [0, 0.05) is 18.0 Å². The third-order valence-corrected chi connectivity index (χ3v) is 6.15. The molecule has 2 aromatic rings. The highest BCUT2D eigenvalue weighted by Gasteiger charge is 2.35. The number of ether oxygens (including phenoxy) is 2. The van der Waals surface area contributed by atoms with Gasteiger partial charge in [0.1, 0.15) is 17.5 Å². The summed E-state index contributed by atoms with van der Waals surface area (Å²) < 4.78 is 26.7. The lowest BCUT2D eigenvalue weighted by Gasteiger charge is -2.35. The molecule has 2 aromatic heterocycles. The molecule has 0 fully saturated rings. The normalized spacial score (nSPS) is 18.3. The van der Waals surface area contributed by atoms with Gasteiger partial charge in [0.05, 0.1) is 11.4 Å². The molecule has 3 atom stereocenters. The highest BCUT2D eigenvalue weighted by Crippen LogP contribution is 2.40. The van der Waals surface area contributed by atoms with E-state index in [1.807, 2.05) is 13.8 Å². The number of nitrogens with one attached hydrogen (secondary N) is 1. The summed E-state index contributed by atoms with van der Waals surface area (Å²) in [6, 6.07) is -0.682. The number of carboxylic acid groups (broad SMARTS) is 1. The predicted octanol–water partition coefficient (Wildman–Crippen LogP) is 5.42. The van der Waals surface area contributed by atoms with Crippen molar-refractivity contribution in [3.05, 3.63) is 22.2 Å². The first-order valence-electron chi connectivity index (χ1n) is 11.6. The lowest BCUT2D eigenvalue weighted by molar-refractivity contribution is 0.0133. The summed E-state index contributed by atoms with van der Waals surface area (Å²) in [4.78, 5) is 34.9. The lowest BCUT2D eigenvalue weighted by Crippen LogP contribution is -2.51. The van der Waals surface area contributed by atoms with Crippen LogP contribution in [0.4, 0.5) is 15.0 Å². The Kier molecular flexibility index (Phi) is 7.64. The number of carbonyl (C=O) groups is 2. The van der Waals surface area contributed by atoms with Crippen LogP contribution in [0.2, 0.25) is 5.15 Å². The number of hydrogen-bond donors (Lipinski definition) is 2. The lowest BCUT2D eigenvalue weighted by atomic mass is 10.1. The standard InChI is InChI=1S/C24H32ClFN4O5/c1-8-9-11(2)30(23(33)35-24(5,6)7)10-14-13(4)34-21-16-15(17(26)19(25)29-21)12(3)18(22(31)32)28-20(16)27-14/h11,13-14H,8-10H2,1-7H3,(H,27,28)(H,31,32)/t11?,13-,14?/m0/s1. The number of aromatic nitrogens is 2. The number of nitrogens with zero attached hydrogens (tertiary/aromatic N) is 3. The first-order chi connectivity index (χ1) is 16.2. The fourth-order valence-electron chi connectivity index (χ4n) is 4.14. The maximum atomic E-state index is 15.0. The topological polar surface area (TPSA) is 114 Å². The summed E-state index contributed by atoms with van der Waals surface area (Å²) in [5, 5.41) is 12.6. The van der Waals surface area contributed by atoms with Crippen LogP contribution < -0.4 is 10.1 Å².